The third-order valence-corrected chi connectivity index (χ3v) is 5.12. The van der Waals surface area contributed by atoms with Gasteiger partial charge in [0.1, 0.15) is 5.82 Å². The summed E-state index contributed by atoms with van der Waals surface area (Å²) in [6.45, 7) is 4.35. The maximum atomic E-state index is 14.6. The number of hydrogen-bond donors (Lipinski definition) is 0. The molecule has 0 aliphatic carbocycles. The van der Waals surface area contributed by atoms with E-state index in [0.717, 1.165) is 19.3 Å². The molecule has 134 valence electrons. The van der Waals surface area contributed by atoms with E-state index in [2.05, 4.69) is 6.92 Å². The fourth-order valence-electron chi connectivity index (χ4n) is 3.48. The summed E-state index contributed by atoms with van der Waals surface area (Å²) in [7, 11) is 0. The van der Waals surface area contributed by atoms with E-state index < -0.39 is 11.6 Å². The molecular weight excluding hydrogens is 325 g/mol. The van der Waals surface area contributed by atoms with E-state index in [4.69, 9.17) is 4.74 Å². The molecule has 1 aliphatic rings. The number of benzene rings is 2. The molecule has 0 aromatic heterocycles. The van der Waals surface area contributed by atoms with Crippen molar-refractivity contribution in [2.45, 2.75) is 51.6 Å². The molecule has 0 bridgehead atoms. The molecule has 2 atom stereocenters. The predicted molar refractivity (Wildman–Crippen MR) is 93.1 cm³/mol. The Morgan fingerprint density at radius 1 is 1.00 bits per heavy atom. The summed E-state index contributed by atoms with van der Waals surface area (Å²) in [6.07, 6.45) is 3.43. The number of hydrogen-bond acceptors (Lipinski definition) is 1. The molecule has 2 aromatic carbocycles. The van der Waals surface area contributed by atoms with Crippen molar-refractivity contribution in [2.75, 3.05) is 6.61 Å². The second kappa shape index (κ2) is 7.61. The molecular formula is C21H23F3O. The molecule has 3 rings (SSSR count). The average Bonchev–Trinajstić information content (AvgIpc) is 2.64. The van der Waals surface area contributed by atoms with E-state index in [0.29, 0.717) is 29.7 Å². The first-order valence-electron chi connectivity index (χ1n) is 8.93. The summed E-state index contributed by atoms with van der Waals surface area (Å²) in [5.41, 5.74) is 1.35. The predicted octanol–water partition coefficient (Wildman–Crippen LogP) is 6.01. The van der Waals surface area contributed by atoms with Crippen molar-refractivity contribution in [1.29, 1.82) is 0 Å². The summed E-state index contributed by atoms with van der Waals surface area (Å²) in [4.78, 5) is 0. The van der Waals surface area contributed by atoms with Crippen molar-refractivity contribution in [3.05, 3.63) is 58.9 Å². The molecule has 1 aliphatic heterocycles. The lowest BCUT2D eigenvalue weighted by molar-refractivity contribution is 0.00141. The van der Waals surface area contributed by atoms with Crippen molar-refractivity contribution >= 4 is 0 Å². The van der Waals surface area contributed by atoms with Gasteiger partial charge in [0.25, 0.3) is 0 Å². The molecule has 2 unspecified atom stereocenters. The van der Waals surface area contributed by atoms with Crippen LogP contribution in [0.25, 0.3) is 11.1 Å². The van der Waals surface area contributed by atoms with Crippen LogP contribution in [0.3, 0.4) is 0 Å². The van der Waals surface area contributed by atoms with Crippen LogP contribution in [0.1, 0.15) is 50.2 Å². The second-order valence-corrected chi connectivity index (χ2v) is 6.63. The molecule has 0 saturated carbocycles. The molecule has 25 heavy (non-hydrogen) atoms. The highest BCUT2D eigenvalue weighted by Gasteiger charge is 2.24. The first-order valence-corrected chi connectivity index (χ1v) is 8.93. The number of rotatable bonds is 4. The van der Waals surface area contributed by atoms with Crippen LogP contribution in [-0.4, -0.2) is 12.7 Å². The van der Waals surface area contributed by atoms with Crippen molar-refractivity contribution in [3.8, 4) is 11.1 Å². The molecule has 1 fully saturated rings. The van der Waals surface area contributed by atoms with Gasteiger partial charge >= 0.3 is 0 Å². The van der Waals surface area contributed by atoms with Gasteiger partial charge in [0.15, 0.2) is 11.6 Å². The normalized spacial score (nSPS) is 20.7. The van der Waals surface area contributed by atoms with Gasteiger partial charge in [0, 0.05) is 11.5 Å². The van der Waals surface area contributed by atoms with Gasteiger partial charge in [-0.25, -0.2) is 13.2 Å². The summed E-state index contributed by atoms with van der Waals surface area (Å²) < 4.78 is 48.6. The largest absolute Gasteiger partial charge is 0.378 e. The average molecular weight is 348 g/mol. The Morgan fingerprint density at radius 3 is 2.40 bits per heavy atom. The molecule has 2 aromatic rings. The monoisotopic (exact) mass is 348 g/mol. The van der Waals surface area contributed by atoms with Crippen LogP contribution in [0.2, 0.25) is 0 Å². The van der Waals surface area contributed by atoms with Crippen LogP contribution in [0.15, 0.2) is 30.3 Å². The molecule has 1 nitrogen and oxygen atoms in total. The van der Waals surface area contributed by atoms with Crippen LogP contribution in [0.5, 0.6) is 0 Å². The van der Waals surface area contributed by atoms with Gasteiger partial charge in [-0.2, -0.15) is 0 Å². The highest BCUT2D eigenvalue weighted by molar-refractivity contribution is 5.65. The summed E-state index contributed by atoms with van der Waals surface area (Å²) in [5, 5.41) is 0. The van der Waals surface area contributed by atoms with Crippen LogP contribution < -0.4 is 0 Å². The Balaban J connectivity index is 1.87. The molecule has 1 heterocycles. The lowest BCUT2D eigenvalue weighted by atomic mass is 9.89. The third kappa shape index (κ3) is 3.59. The van der Waals surface area contributed by atoms with Crippen LogP contribution in [0, 0.1) is 17.5 Å². The Morgan fingerprint density at radius 2 is 1.80 bits per heavy atom. The van der Waals surface area contributed by atoms with Crippen LogP contribution in [-0.2, 0) is 11.2 Å². The molecule has 0 radical (unpaired) electrons. The van der Waals surface area contributed by atoms with E-state index in [1.54, 1.807) is 25.1 Å². The van der Waals surface area contributed by atoms with Crippen molar-refractivity contribution in [2.24, 2.45) is 0 Å². The van der Waals surface area contributed by atoms with E-state index in [-0.39, 0.29) is 23.4 Å². The lowest BCUT2D eigenvalue weighted by Crippen LogP contribution is -2.24. The van der Waals surface area contributed by atoms with Crippen molar-refractivity contribution < 1.29 is 17.9 Å². The Kier molecular flexibility index (Phi) is 5.48. The minimum atomic E-state index is -0.918. The fraction of sp³-hybridized carbons (Fsp3) is 0.429. The van der Waals surface area contributed by atoms with Gasteiger partial charge < -0.3 is 4.74 Å². The van der Waals surface area contributed by atoms with E-state index in [1.165, 1.54) is 12.1 Å². The van der Waals surface area contributed by atoms with E-state index in [9.17, 15) is 13.2 Å². The highest BCUT2D eigenvalue weighted by Crippen LogP contribution is 2.34. The number of halogens is 3. The molecule has 1 saturated heterocycles. The molecule has 0 spiro atoms. The van der Waals surface area contributed by atoms with E-state index >= 15 is 0 Å². The maximum Gasteiger partial charge on any atom is 0.166 e. The number of ether oxygens (including phenoxy) is 1. The standard InChI is InChI=1S/C21H23F3O/c1-3-13-6-10-18(21(24)20(13)23)14-7-9-17(19(22)11-14)15-5-8-16(4-2)25-12-15/h6-7,9-11,15-16H,3-5,8,12H2,1-2H3. The SMILES string of the molecule is CCc1ccc(-c2ccc(C3CCC(CC)OC3)c(F)c2)c(F)c1F. The number of aryl methyl sites for hydroxylation is 1. The molecule has 0 amide bonds. The Bertz CT molecular complexity index is 749. The minimum Gasteiger partial charge on any atom is -0.378 e. The van der Waals surface area contributed by atoms with Gasteiger partial charge in [-0.3, -0.25) is 0 Å². The minimum absolute atomic E-state index is 0.0147. The van der Waals surface area contributed by atoms with Gasteiger partial charge in [-0.15, -0.1) is 0 Å². The lowest BCUT2D eigenvalue weighted by Gasteiger charge is -2.29. The Hall–Kier alpha value is -1.81. The van der Waals surface area contributed by atoms with Crippen molar-refractivity contribution in [1.82, 2.24) is 0 Å². The smallest absolute Gasteiger partial charge is 0.166 e. The molecule has 4 heteroatoms. The molecule has 0 N–H and O–H groups in total. The zero-order valence-electron chi connectivity index (χ0n) is 14.6. The first-order chi connectivity index (χ1) is 12.0. The van der Waals surface area contributed by atoms with Gasteiger partial charge in [-0.1, -0.05) is 38.1 Å². The zero-order chi connectivity index (χ0) is 18.0. The zero-order valence-corrected chi connectivity index (χ0v) is 14.6. The Labute approximate surface area is 146 Å². The van der Waals surface area contributed by atoms with Gasteiger partial charge in [0.2, 0.25) is 0 Å². The summed E-state index contributed by atoms with van der Waals surface area (Å²) in [6, 6.07) is 7.70. The third-order valence-electron chi connectivity index (χ3n) is 5.12. The van der Waals surface area contributed by atoms with Crippen LogP contribution >= 0.6 is 0 Å². The van der Waals surface area contributed by atoms with Gasteiger partial charge in [0.05, 0.1) is 12.7 Å². The van der Waals surface area contributed by atoms with Gasteiger partial charge in [-0.05, 0) is 48.4 Å². The fourth-order valence-corrected chi connectivity index (χ4v) is 3.48. The highest BCUT2D eigenvalue weighted by atomic mass is 19.2. The van der Waals surface area contributed by atoms with Crippen LogP contribution in [0.4, 0.5) is 13.2 Å². The summed E-state index contributed by atoms with van der Waals surface area (Å²) >= 11 is 0. The quantitative estimate of drug-likeness (QED) is 0.658. The van der Waals surface area contributed by atoms with E-state index in [1.807, 2.05) is 0 Å². The summed E-state index contributed by atoms with van der Waals surface area (Å²) in [5.74, 6) is -2.14. The van der Waals surface area contributed by atoms with Crippen molar-refractivity contribution in [3.63, 3.8) is 0 Å². The second-order valence-electron chi connectivity index (χ2n) is 6.63. The topological polar surface area (TPSA) is 9.23 Å². The maximum absolute atomic E-state index is 14.6. The first kappa shape index (κ1) is 18.0.